The monoisotopic (exact) mass is 340 g/mol. The molecular weight excluding hydrogens is 328 g/mol. The first-order valence-electron chi connectivity index (χ1n) is 6.12. The Morgan fingerprint density at radius 3 is 2.39 bits per heavy atom. The maximum atomic E-state index is 6.70. The molecule has 1 unspecified atom stereocenters. The molecule has 1 aromatic carbocycles. The summed E-state index contributed by atoms with van der Waals surface area (Å²) in [5.74, 6) is 0.526. The Bertz CT molecular complexity index is 551. The van der Waals surface area contributed by atoms with Crippen LogP contribution in [0.1, 0.15) is 26.3 Å². The van der Waals surface area contributed by atoms with Crippen molar-refractivity contribution in [2.45, 2.75) is 25.1 Å². The van der Waals surface area contributed by atoms with Crippen molar-refractivity contribution in [1.29, 1.82) is 0 Å². The van der Waals surface area contributed by atoms with E-state index in [0.717, 1.165) is 12.8 Å². The first-order valence-corrected chi connectivity index (χ1v) is 8.16. The van der Waals surface area contributed by atoms with Gasteiger partial charge in [0, 0.05) is 14.2 Å². The van der Waals surface area contributed by atoms with Crippen molar-refractivity contribution in [2.24, 2.45) is 5.92 Å². The highest BCUT2D eigenvalue weighted by Gasteiger charge is 2.30. The van der Waals surface area contributed by atoms with Gasteiger partial charge in [0.15, 0.2) is 0 Å². The summed E-state index contributed by atoms with van der Waals surface area (Å²) in [6, 6.07) is 10.9. The van der Waals surface area contributed by atoms with Gasteiger partial charge < -0.3 is 0 Å². The molecule has 0 nitrogen and oxygen atoms in total. The Morgan fingerprint density at radius 1 is 1.28 bits per heavy atom. The van der Waals surface area contributed by atoms with Crippen LogP contribution in [0.3, 0.4) is 0 Å². The maximum absolute atomic E-state index is 6.70. The van der Waals surface area contributed by atoms with Gasteiger partial charge in [0.2, 0.25) is 0 Å². The van der Waals surface area contributed by atoms with E-state index in [1.165, 1.54) is 25.4 Å². The molecule has 0 saturated carbocycles. The van der Waals surface area contributed by atoms with Gasteiger partial charge in [-0.2, -0.15) is 0 Å². The number of benzene rings is 1. The largest absolute Gasteiger partial charge is 0.143 e. The Morgan fingerprint density at radius 2 is 1.89 bits per heavy atom. The molecule has 1 aromatic heterocycles. The summed E-state index contributed by atoms with van der Waals surface area (Å²) in [4.78, 5) is 2.60. The minimum atomic E-state index is 0.116. The number of halogens is 2. The number of fused-ring (bicyclic) bond motifs is 1. The molecule has 3 rings (SSSR count). The molecule has 1 aliphatic carbocycles. The molecule has 2 aromatic rings. The molecule has 0 fully saturated rings. The Kier molecular flexibility index (Phi) is 3.52. The van der Waals surface area contributed by atoms with E-state index in [0.29, 0.717) is 5.92 Å². The number of thiophene rings is 1. The van der Waals surface area contributed by atoms with Gasteiger partial charge in [-0.3, -0.25) is 0 Å². The van der Waals surface area contributed by atoms with Crippen LogP contribution in [0.5, 0.6) is 0 Å². The lowest BCUT2D eigenvalue weighted by Crippen LogP contribution is -2.07. The molecule has 0 amide bonds. The van der Waals surface area contributed by atoms with Crippen LogP contribution in [0.25, 0.3) is 0 Å². The summed E-state index contributed by atoms with van der Waals surface area (Å²) in [6.45, 7) is 2.13. The van der Waals surface area contributed by atoms with Crippen LogP contribution in [-0.2, 0) is 12.8 Å². The highest BCUT2D eigenvalue weighted by Crippen LogP contribution is 2.44. The van der Waals surface area contributed by atoms with Gasteiger partial charge in [-0.15, -0.1) is 22.9 Å². The molecule has 0 spiro atoms. The number of aryl methyl sites for hydroxylation is 1. The molecule has 1 atom stereocenters. The lowest BCUT2D eigenvalue weighted by atomic mass is 10.0. The molecule has 0 aliphatic heterocycles. The smallest absolute Gasteiger partial charge is 0.0724 e. The summed E-state index contributed by atoms with van der Waals surface area (Å²) >= 11 is 12.1. The fourth-order valence-electron chi connectivity index (χ4n) is 2.70. The van der Waals surface area contributed by atoms with Crippen LogP contribution < -0.4 is 0 Å². The van der Waals surface area contributed by atoms with E-state index in [1.54, 1.807) is 0 Å². The average molecular weight is 342 g/mol. The van der Waals surface area contributed by atoms with Crippen molar-refractivity contribution in [3.63, 3.8) is 0 Å². The van der Waals surface area contributed by atoms with E-state index < -0.39 is 0 Å². The van der Waals surface area contributed by atoms with Gasteiger partial charge in [0.25, 0.3) is 0 Å². The number of hydrogen-bond acceptors (Lipinski definition) is 1. The van der Waals surface area contributed by atoms with Crippen molar-refractivity contribution in [2.75, 3.05) is 0 Å². The van der Waals surface area contributed by atoms with Crippen molar-refractivity contribution < 1.29 is 0 Å². The Hall–Kier alpha value is -0.310. The van der Waals surface area contributed by atoms with Crippen LogP contribution in [0.4, 0.5) is 0 Å². The molecule has 0 bridgehead atoms. The van der Waals surface area contributed by atoms with E-state index in [1.807, 2.05) is 11.3 Å². The van der Waals surface area contributed by atoms with Crippen molar-refractivity contribution in [3.8, 4) is 0 Å². The van der Waals surface area contributed by atoms with Crippen LogP contribution in [0.15, 0.2) is 34.8 Å². The summed E-state index contributed by atoms with van der Waals surface area (Å²) in [5, 5.41) is 0.116. The predicted octanol–water partition coefficient (Wildman–Crippen LogP) is 5.51. The molecule has 94 valence electrons. The van der Waals surface area contributed by atoms with Gasteiger partial charge in [-0.05, 0) is 58.8 Å². The fourth-order valence-corrected chi connectivity index (χ4v) is 5.23. The van der Waals surface area contributed by atoms with E-state index in [9.17, 15) is 0 Å². The molecule has 1 heterocycles. The van der Waals surface area contributed by atoms with Crippen LogP contribution >= 0.6 is 38.9 Å². The van der Waals surface area contributed by atoms with Gasteiger partial charge in [0.1, 0.15) is 0 Å². The van der Waals surface area contributed by atoms with Gasteiger partial charge in [-0.25, -0.2) is 0 Å². The second-order valence-corrected chi connectivity index (χ2v) is 7.52. The average Bonchev–Trinajstić information content (AvgIpc) is 2.91. The summed E-state index contributed by atoms with van der Waals surface area (Å²) < 4.78 is 1.17. The maximum Gasteiger partial charge on any atom is 0.0724 e. The number of hydrogen-bond donors (Lipinski definition) is 0. The van der Waals surface area contributed by atoms with Gasteiger partial charge in [0.05, 0.1) is 5.38 Å². The molecule has 0 radical (unpaired) electrons. The summed E-state index contributed by atoms with van der Waals surface area (Å²) in [5.41, 5.74) is 2.94. The highest BCUT2D eigenvalue weighted by molar-refractivity contribution is 9.10. The lowest BCUT2D eigenvalue weighted by Gasteiger charge is -2.15. The summed E-state index contributed by atoms with van der Waals surface area (Å²) in [6.07, 6.45) is 2.21. The van der Waals surface area contributed by atoms with Crippen LogP contribution in [-0.4, -0.2) is 0 Å². The third-order valence-corrected chi connectivity index (χ3v) is 6.34. The third-order valence-electron chi connectivity index (χ3n) is 3.58. The zero-order valence-corrected chi connectivity index (χ0v) is 13.3. The first-order chi connectivity index (χ1) is 8.65. The fraction of sp³-hybridized carbons (Fsp3) is 0.333. The minimum absolute atomic E-state index is 0.116. The highest BCUT2D eigenvalue weighted by atomic mass is 79.9. The molecular formula is C15H14BrClS. The molecule has 0 N–H and O–H groups in total. The van der Waals surface area contributed by atoms with E-state index >= 15 is 0 Å². The van der Waals surface area contributed by atoms with E-state index in [2.05, 4.69) is 53.2 Å². The minimum Gasteiger partial charge on any atom is -0.143 e. The second kappa shape index (κ2) is 4.99. The normalized spacial score (nSPS) is 16.8. The second-order valence-electron chi connectivity index (χ2n) is 4.91. The summed E-state index contributed by atoms with van der Waals surface area (Å²) in [7, 11) is 0. The zero-order valence-electron chi connectivity index (χ0n) is 10.1. The van der Waals surface area contributed by atoms with Gasteiger partial charge >= 0.3 is 0 Å². The molecule has 3 heteroatoms. The Balaban J connectivity index is 1.84. The first kappa shape index (κ1) is 12.7. The van der Waals surface area contributed by atoms with Gasteiger partial charge in [-0.1, -0.05) is 24.3 Å². The Labute approximate surface area is 125 Å². The topological polar surface area (TPSA) is 0 Å². The molecule has 0 saturated heterocycles. The standard InChI is InChI=1S/C15H14BrClS/c1-9-6-13(16)15(18-9)14(17)12-7-10-4-2-3-5-11(10)8-12/h2-6,12,14H,7-8H2,1H3. The zero-order chi connectivity index (χ0) is 12.7. The van der Waals surface area contributed by atoms with Crippen LogP contribution in [0, 0.1) is 12.8 Å². The lowest BCUT2D eigenvalue weighted by molar-refractivity contribution is 0.545. The van der Waals surface area contributed by atoms with Crippen molar-refractivity contribution >= 4 is 38.9 Å². The number of alkyl halides is 1. The van der Waals surface area contributed by atoms with Crippen molar-refractivity contribution in [1.82, 2.24) is 0 Å². The quantitative estimate of drug-likeness (QED) is 0.631. The van der Waals surface area contributed by atoms with E-state index in [-0.39, 0.29) is 5.38 Å². The molecule has 18 heavy (non-hydrogen) atoms. The van der Waals surface area contributed by atoms with Crippen LogP contribution in [0.2, 0.25) is 0 Å². The SMILES string of the molecule is Cc1cc(Br)c(C(Cl)C2Cc3ccccc3C2)s1. The van der Waals surface area contributed by atoms with Crippen molar-refractivity contribution in [3.05, 3.63) is 55.7 Å². The predicted molar refractivity (Wildman–Crippen MR) is 82.7 cm³/mol. The van der Waals surface area contributed by atoms with E-state index in [4.69, 9.17) is 11.6 Å². The molecule has 1 aliphatic rings. The number of rotatable bonds is 2. The third kappa shape index (κ3) is 2.26.